The molecule has 0 amide bonds. The van der Waals surface area contributed by atoms with Crippen LogP contribution in [-0.2, 0) is 5.54 Å². The van der Waals surface area contributed by atoms with Gasteiger partial charge in [-0.05, 0) is 71.8 Å². The highest BCUT2D eigenvalue weighted by molar-refractivity contribution is 9.10. The van der Waals surface area contributed by atoms with Gasteiger partial charge in [0.2, 0.25) is 0 Å². The summed E-state index contributed by atoms with van der Waals surface area (Å²) in [5.41, 5.74) is 10.8. The van der Waals surface area contributed by atoms with Gasteiger partial charge < -0.3 is 10.8 Å². The van der Waals surface area contributed by atoms with Crippen LogP contribution in [0.2, 0.25) is 0 Å². The van der Waals surface area contributed by atoms with Gasteiger partial charge in [0.05, 0.1) is 4.47 Å². The molecule has 0 aromatic heterocycles. The van der Waals surface area contributed by atoms with Crippen molar-refractivity contribution >= 4 is 15.9 Å². The maximum Gasteiger partial charge on any atom is 0.133 e. The minimum Gasteiger partial charge on any atom is -0.506 e. The molecule has 0 aliphatic heterocycles. The molecule has 1 aliphatic carbocycles. The van der Waals surface area contributed by atoms with E-state index in [0.29, 0.717) is 5.75 Å². The molecule has 0 heterocycles. The first-order valence-corrected chi connectivity index (χ1v) is 6.95. The number of nitrogens with two attached hydrogens (primary N) is 1. The second-order valence-electron chi connectivity index (χ2n) is 5.28. The monoisotopic (exact) mass is 297 g/mol. The highest BCUT2D eigenvalue weighted by atomic mass is 79.9. The Hall–Kier alpha value is -0.540. The zero-order chi connectivity index (χ0) is 12.8. The second-order valence-corrected chi connectivity index (χ2v) is 6.07. The molecule has 2 nitrogen and oxygen atoms in total. The van der Waals surface area contributed by atoms with Crippen LogP contribution in [0.25, 0.3) is 0 Å². The maximum atomic E-state index is 10.0. The standard InChI is InChI=1S/C14H20BrNO/c1-8-9(2)13(17)12(15)10(3)11(8)14(16)6-4-5-7-14/h17H,4-7,16H2,1-3H3. The van der Waals surface area contributed by atoms with E-state index in [2.05, 4.69) is 22.9 Å². The SMILES string of the molecule is Cc1c(C)c(C2(N)CCCC2)c(C)c(Br)c1O. The summed E-state index contributed by atoms with van der Waals surface area (Å²) >= 11 is 3.48. The van der Waals surface area contributed by atoms with Gasteiger partial charge >= 0.3 is 0 Å². The quantitative estimate of drug-likeness (QED) is 0.828. The Balaban J connectivity index is 2.69. The summed E-state index contributed by atoms with van der Waals surface area (Å²) in [4.78, 5) is 0. The van der Waals surface area contributed by atoms with E-state index in [-0.39, 0.29) is 5.54 Å². The van der Waals surface area contributed by atoms with Crippen molar-refractivity contribution in [2.75, 3.05) is 0 Å². The molecule has 0 bridgehead atoms. The molecule has 0 radical (unpaired) electrons. The van der Waals surface area contributed by atoms with E-state index in [1.807, 2.05) is 13.8 Å². The van der Waals surface area contributed by atoms with Gasteiger partial charge in [0, 0.05) is 5.54 Å². The molecule has 1 aromatic rings. The minimum atomic E-state index is -0.199. The zero-order valence-electron chi connectivity index (χ0n) is 10.7. The fourth-order valence-electron chi connectivity index (χ4n) is 3.10. The van der Waals surface area contributed by atoms with Gasteiger partial charge in [-0.15, -0.1) is 0 Å². The normalized spacial score (nSPS) is 18.6. The van der Waals surface area contributed by atoms with Crippen LogP contribution in [0.15, 0.2) is 4.47 Å². The van der Waals surface area contributed by atoms with E-state index in [0.717, 1.165) is 34.0 Å². The third-order valence-corrected chi connectivity index (χ3v) is 5.17. The number of hydrogen-bond donors (Lipinski definition) is 2. The van der Waals surface area contributed by atoms with Crippen LogP contribution in [-0.4, -0.2) is 5.11 Å². The third kappa shape index (κ3) is 1.89. The van der Waals surface area contributed by atoms with E-state index in [1.54, 1.807) is 0 Å². The Morgan fingerprint density at radius 3 is 2.12 bits per heavy atom. The zero-order valence-corrected chi connectivity index (χ0v) is 12.3. The molecule has 3 heteroatoms. The first kappa shape index (κ1) is 12.9. The number of phenols is 1. The summed E-state index contributed by atoms with van der Waals surface area (Å²) in [5, 5.41) is 10.0. The van der Waals surface area contributed by atoms with Crippen LogP contribution >= 0.6 is 15.9 Å². The molecule has 94 valence electrons. The average molecular weight is 298 g/mol. The van der Waals surface area contributed by atoms with Gasteiger partial charge in [0.1, 0.15) is 5.75 Å². The Labute approximate surface area is 111 Å². The highest BCUT2D eigenvalue weighted by Crippen LogP contribution is 2.45. The van der Waals surface area contributed by atoms with Crippen molar-refractivity contribution < 1.29 is 5.11 Å². The van der Waals surface area contributed by atoms with Crippen LogP contribution in [0.4, 0.5) is 0 Å². The van der Waals surface area contributed by atoms with Crippen LogP contribution in [0, 0.1) is 20.8 Å². The lowest BCUT2D eigenvalue weighted by Gasteiger charge is -2.30. The largest absolute Gasteiger partial charge is 0.506 e. The Kier molecular flexibility index (Phi) is 3.25. The Morgan fingerprint density at radius 2 is 1.59 bits per heavy atom. The van der Waals surface area contributed by atoms with Crippen LogP contribution in [0.5, 0.6) is 5.75 Å². The molecular formula is C14H20BrNO. The van der Waals surface area contributed by atoms with E-state index in [9.17, 15) is 5.11 Å². The molecule has 2 rings (SSSR count). The summed E-state index contributed by atoms with van der Waals surface area (Å²) in [7, 11) is 0. The summed E-state index contributed by atoms with van der Waals surface area (Å²) in [5.74, 6) is 0.352. The van der Waals surface area contributed by atoms with Crippen molar-refractivity contribution in [3.8, 4) is 5.75 Å². The average Bonchev–Trinajstić information content (AvgIpc) is 2.71. The number of aromatic hydroxyl groups is 1. The van der Waals surface area contributed by atoms with Crippen molar-refractivity contribution in [2.45, 2.75) is 52.0 Å². The van der Waals surface area contributed by atoms with Gasteiger partial charge in [-0.1, -0.05) is 12.8 Å². The minimum absolute atomic E-state index is 0.199. The predicted molar refractivity (Wildman–Crippen MR) is 74.4 cm³/mol. The lowest BCUT2D eigenvalue weighted by molar-refractivity contribution is 0.445. The summed E-state index contributed by atoms with van der Waals surface area (Å²) in [6, 6.07) is 0. The third-order valence-electron chi connectivity index (χ3n) is 4.20. The number of phenolic OH excluding ortho intramolecular Hbond substituents is 1. The van der Waals surface area contributed by atoms with Crippen molar-refractivity contribution in [2.24, 2.45) is 5.73 Å². The van der Waals surface area contributed by atoms with E-state index in [1.165, 1.54) is 18.4 Å². The number of benzene rings is 1. The smallest absolute Gasteiger partial charge is 0.133 e. The van der Waals surface area contributed by atoms with E-state index >= 15 is 0 Å². The Bertz CT molecular complexity index is 433. The lowest BCUT2D eigenvalue weighted by Crippen LogP contribution is -2.35. The first-order chi connectivity index (χ1) is 7.88. The van der Waals surface area contributed by atoms with Gasteiger partial charge in [-0.25, -0.2) is 0 Å². The van der Waals surface area contributed by atoms with Gasteiger partial charge in [0.15, 0.2) is 0 Å². The van der Waals surface area contributed by atoms with Gasteiger partial charge in [0.25, 0.3) is 0 Å². The molecule has 0 saturated heterocycles. The van der Waals surface area contributed by atoms with Crippen LogP contribution in [0.3, 0.4) is 0 Å². The molecule has 1 aliphatic rings. The molecule has 0 unspecified atom stereocenters. The Morgan fingerprint density at radius 1 is 1.06 bits per heavy atom. The van der Waals surface area contributed by atoms with Crippen LogP contribution < -0.4 is 5.73 Å². The van der Waals surface area contributed by atoms with Gasteiger partial charge in [-0.3, -0.25) is 0 Å². The fraction of sp³-hybridized carbons (Fsp3) is 0.571. The van der Waals surface area contributed by atoms with E-state index in [4.69, 9.17) is 5.73 Å². The first-order valence-electron chi connectivity index (χ1n) is 6.16. The van der Waals surface area contributed by atoms with Crippen molar-refractivity contribution in [3.05, 3.63) is 26.7 Å². The number of halogens is 1. The highest BCUT2D eigenvalue weighted by Gasteiger charge is 2.35. The van der Waals surface area contributed by atoms with Crippen molar-refractivity contribution in [3.63, 3.8) is 0 Å². The fourth-order valence-corrected chi connectivity index (χ4v) is 3.60. The molecular weight excluding hydrogens is 278 g/mol. The van der Waals surface area contributed by atoms with Crippen LogP contribution in [0.1, 0.15) is 47.9 Å². The predicted octanol–water partition coefficient (Wildman–Crippen LogP) is 3.81. The summed E-state index contributed by atoms with van der Waals surface area (Å²) < 4.78 is 0.798. The van der Waals surface area contributed by atoms with Gasteiger partial charge in [-0.2, -0.15) is 0 Å². The second kappa shape index (κ2) is 4.29. The number of rotatable bonds is 1. The number of hydrogen-bond acceptors (Lipinski definition) is 2. The molecule has 0 spiro atoms. The maximum absolute atomic E-state index is 10.0. The molecule has 0 atom stereocenters. The summed E-state index contributed by atoms with van der Waals surface area (Å²) in [6.45, 7) is 6.06. The van der Waals surface area contributed by atoms with E-state index < -0.39 is 0 Å². The molecule has 1 aromatic carbocycles. The lowest BCUT2D eigenvalue weighted by atomic mass is 9.81. The molecule has 1 fully saturated rings. The molecule has 1 saturated carbocycles. The van der Waals surface area contributed by atoms with Crippen molar-refractivity contribution in [1.82, 2.24) is 0 Å². The molecule has 3 N–H and O–H groups in total. The topological polar surface area (TPSA) is 46.2 Å². The summed E-state index contributed by atoms with van der Waals surface area (Å²) in [6.07, 6.45) is 4.50. The molecule has 17 heavy (non-hydrogen) atoms. The van der Waals surface area contributed by atoms with Crippen molar-refractivity contribution in [1.29, 1.82) is 0 Å².